The monoisotopic (exact) mass is 324 g/mol. The van der Waals surface area contributed by atoms with Crippen molar-refractivity contribution in [2.45, 2.75) is 25.8 Å². The highest BCUT2D eigenvalue weighted by molar-refractivity contribution is 5.78. The van der Waals surface area contributed by atoms with Gasteiger partial charge in [-0.15, -0.1) is 10.2 Å². The zero-order valence-electron chi connectivity index (χ0n) is 13.6. The molecule has 7 heteroatoms. The van der Waals surface area contributed by atoms with Crippen LogP contribution < -0.4 is 16.0 Å². The van der Waals surface area contributed by atoms with E-state index in [0.29, 0.717) is 17.8 Å². The molecule has 124 valence electrons. The Bertz CT molecular complexity index is 836. The molecular formula is C17H20N6O. The van der Waals surface area contributed by atoms with Gasteiger partial charge in [0.25, 0.3) is 0 Å². The number of aromatic nitrogens is 3. The molecule has 3 N–H and O–H groups in total. The van der Waals surface area contributed by atoms with Crippen LogP contribution in [0.5, 0.6) is 0 Å². The lowest BCUT2D eigenvalue weighted by Crippen LogP contribution is -2.40. The first-order valence-electron chi connectivity index (χ1n) is 8.16. The number of anilines is 3. The van der Waals surface area contributed by atoms with Crippen LogP contribution >= 0.6 is 0 Å². The molecule has 0 aliphatic carbocycles. The summed E-state index contributed by atoms with van der Waals surface area (Å²) in [5, 5.41) is 11.9. The number of nitrogens with one attached hydrogen (secondary N) is 1. The van der Waals surface area contributed by atoms with Crippen molar-refractivity contribution in [2.24, 2.45) is 5.73 Å². The fourth-order valence-corrected chi connectivity index (χ4v) is 2.96. The number of rotatable bonds is 3. The summed E-state index contributed by atoms with van der Waals surface area (Å²) >= 11 is 0. The fraction of sp³-hybridized carbons (Fsp3) is 0.353. The molecule has 4 rings (SSSR count). The Morgan fingerprint density at radius 2 is 2.00 bits per heavy atom. The second-order valence-corrected chi connectivity index (χ2v) is 6.14. The Labute approximate surface area is 139 Å². The molecule has 0 atom stereocenters. The second-order valence-electron chi connectivity index (χ2n) is 6.14. The van der Waals surface area contributed by atoms with Crippen LogP contribution in [0, 0.1) is 6.92 Å². The van der Waals surface area contributed by atoms with Crippen molar-refractivity contribution in [1.29, 1.82) is 0 Å². The molecule has 24 heavy (non-hydrogen) atoms. The van der Waals surface area contributed by atoms with Crippen LogP contribution in [0.1, 0.15) is 18.7 Å². The van der Waals surface area contributed by atoms with Gasteiger partial charge in [-0.1, -0.05) is 0 Å². The van der Waals surface area contributed by atoms with Crippen molar-refractivity contribution >= 4 is 28.4 Å². The third-order valence-electron chi connectivity index (χ3n) is 4.28. The highest BCUT2D eigenvalue weighted by atomic mass is 16.3. The van der Waals surface area contributed by atoms with Gasteiger partial charge in [-0.3, -0.25) is 0 Å². The maximum atomic E-state index is 5.94. The van der Waals surface area contributed by atoms with E-state index in [1.54, 1.807) is 0 Å². The lowest BCUT2D eigenvalue weighted by atomic mass is 10.1. The number of hydrogen-bond acceptors (Lipinski definition) is 7. The average molecular weight is 324 g/mol. The number of oxazole rings is 1. The van der Waals surface area contributed by atoms with E-state index in [9.17, 15) is 0 Å². The first kappa shape index (κ1) is 14.9. The number of benzene rings is 1. The Kier molecular flexibility index (Phi) is 3.78. The molecular weight excluding hydrogens is 304 g/mol. The Morgan fingerprint density at radius 3 is 2.75 bits per heavy atom. The normalized spacial score (nSPS) is 15.8. The van der Waals surface area contributed by atoms with Crippen LogP contribution in [-0.4, -0.2) is 34.3 Å². The number of fused-ring (bicyclic) bond motifs is 1. The van der Waals surface area contributed by atoms with Crippen molar-refractivity contribution in [1.82, 2.24) is 15.2 Å². The van der Waals surface area contributed by atoms with E-state index in [1.807, 2.05) is 37.3 Å². The van der Waals surface area contributed by atoms with E-state index in [0.717, 1.165) is 48.5 Å². The van der Waals surface area contributed by atoms with E-state index in [4.69, 9.17) is 10.2 Å². The number of aryl methyl sites for hydroxylation is 1. The minimum Gasteiger partial charge on any atom is -0.441 e. The summed E-state index contributed by atoms with van der Waals surface area (Å²) in [6, 6.07) is 10.0. The fourth-order valence-electron chi connectivity index (χ4n) is 2.96. The lowest BCUT2D eigenvalue weighted by Gasteiger charge is -2.30. The molecule has 1 fully saturated rings. The predicted octanol–water partition coefficient (Wildman–Crippen LogP) is 2.60. The standard InChI is InChI=1S/C17H20N6O/c1-11-19-14-10-13(2-3-15(14)24-11)20-16-4-5-17(22-21-16)23-8-6-12(18)7-9-23/h2-5,10,12H,6-9,18H2,1H3,(H,20,21). The van der Waals surface area contributed by atoms with Crippen LogP contribution in [0.25, 0.3) is 11.1 Å². The molecule has 0 bridgehead atoms. The largest absolute Gasteiger partial charge is 0.441 e. The Balaban J connectivity index is 1.48. The molecule has 1 aliphatic rings. The summed E-state index contributed by atoms with van der Waals surface area (Å²) in [7, 11) is 0. The third-order valence-corrected chi connectivity index (χ3v) is 4.28. The van der Waals surface area contributed by atoms with E-state index < -0.39 is 0 Å². The minimum absolute atomic E-state index is 0.310. The topological polar surface area (TPSA) is 93.1 Å². The van der Waals surface area contributed by atoms with Crippen molar-refractivity contribution in [3.63, 3.8) is 0 Å². The molecule has 7 nitrogen and oxygen atoms in total. The van der Waals surface area contributed by atoms with E-state index in [-0.39, 0.29) is 0 Å². The van der Waals surface area contributed by atoms with Crippen molar-refractivity contribution in [3.8, 4) is 0 Å². The van der Waals surface area contributed by atoms with Gasteiger partial charge in [0.2, 0.25) is 0 Å². The number of piperidine rings is 1. The van der Waals surface area contributed by atoms with E-state index >= 15 is 0 Å². The van der Waals surface area contributed by atoms with Crippen molar-refractivity contribution in [2.75, 3.05) is 23.3 Å². The number of nitrogens with zero attached hydrogens (tertiary/aromatic N) is 4. The highest BCUT2D eigenvalue weighted by Crippen LogP contribution is 2.23. The average Bonchev–Trinajstić information content (AvgIpc) is 2.96. The van der Waals surface area contributed by atoms with Gasteiger partial charge in [0.15, 0.2) is 23.1 Å². The summed E-state index contributed by atoms with van der Waals surface area (Å²) < 4.78 is 5.48. The summed E-state index contributed by atoms with van der Waals surface area (Å²) in [5.74, 6) is 2.26. The summed E-state index contributed by atoms with van der Waals surface area (Å²) in [6.45, 7) is 3.71. The summed E-state index contributed by atoms with van der Waals surface area (Å²) in [6.07, 6.45) is 2.00. The maximum Gasteiger partial charge on any atom is 0.192 e. The highest BCUT2D eigenvalue weighted by Gasteiger charge is 2.17. The third kappa shape index (κ3) is 3.03. The number of nitrogens with two attached hydrogens (primary N) is 1. The van der Waals surface area contributed by atoms with Gasteiger partial charge in [-0.05, 0) is 43.2 Å². The summed E-state index contributed by atoms with van der Waals surface area (Å²) in [4.78, 5) is 6.56. The molecule has 0 radical (unpaired) electrons. The second kappa shape index (κ2) is 6.09. The molecule has 1 aliphatic heterocycles. The first-order chi connectivity index (χ1) is 11.7. The van der Waals surface area contributed by atoms with Crippen molar-refractivity contribution < 1.29 is 4.42 Å². The van der Waals surface area contributed by atoms with Crippen molar-refractivity contribution in [3.05, 3.63) is 36.2 Å². The maximum absolute atomic E-state index is 5.94. The van der Waals surface area contributed by atoms with Crippen LogP contribution in [0.2, 0.25) is 0 Å². The Hall–Kier alpha value is -2.67. The lowest BCUT2D eigenvalue weighted by molar-refractivity contribution is 0.497. The van der Waals surface area contributed by atoms with E-state index in [2.05, 4.69) is 25.4 Å². The molecule has 0 saturated carbocycles. The molecule has 2 aromatic heterocycles. The van der Waals surface area contributed by atoms with Crippen LogP contribution in [0.3, 0.4) is 0 Å². The summed E-state index contributed by atoms with van der Waals surface area (Å²) in [5.41, 5.74) is 8.45. The molecule has 3 aromatic rings. The smallest absolute Gasteiger partial charge is 0.192 e. The Morgan fingerprint density at radius 1 is 1.17 bits per heavy atom. The minimum atomic E-state index is 0.310. The predicted molar refractivity (Wildman–Crippen MR) is 93.5 cm³/mol. The first-order valence-corrected chi connectivity index (χ1v) is 8.16. The van der Waals surface area contributed by atoms with Crippen LogP contribution in [-0.2, 0) is 0 Å². The molecule has 0 spiro atoms. The molecule has 0 amide bonds. The SMILES string of the molecule is Cc1nc2cc(Nc3ccc(N4CCC(N)CC4)nn3)ccc2o1. The molecule has 0 unspecified atom stereocenters. The van der Waals surface area contributed by atoms with Gasteiger partial charge in [0.1, 0.15) is 5.52 Å². The quantitative estimate of drug-likeness (QED) is 0.765. The van der Waals surface area contributed by atoms with Crippen LogP contribution in [0.15, 0.2) is 34.7 Å². The van der Waals surface area contributed by atoms with Gasteiger partial charge in [-0.25, -0.2) is 4.98 Å². The van der Waals surface area contributed by atoms with Gasteiger partial charge >= 0.3 is 0 Å². The molecule has 1 aromatic carbocycles. The van der Waals surface area contributed by atoms with E-state index in [1.165, 1.54) is 0 Å². The molecule has 1 saturated heterocycles. The zero-order valence-corrected chi connectivity index (χ0v) is 13.6. The van der Waals surface area contributed by atoms with Gasteiger partial charge in [0, 0.05) is 31.7 Å². The van der Waals surface area contributed by atoms with Gasteiger partial charge in [-0.2, -0.15) is 0 Å². The zero-order chi connectivity index (χ0) is 16.5. The molecule has 3 heterocycles. The van der Waals surface area contributed by atoms with Gasteiger partial charge in [0.05, 0.1) is 0 Å². The number of hydrogen-bond donors (Lipinski definition) is 2. The van der Waals surface area contributed by atoms with Gasteiger partial charge < -0.3 is 20.4 Å². The van der Waals surface area contributed by atoms with Crippen LogP contribution in [0.4, 0.5) is 17.3 Å².